The Kier molecular flexibility index (Phi) is 6.23. The van der Waals surface area contributed by atoms with Gasteiger partial charge in [0.25, 0.3) is 0 Å². The molecule has 0 aliphatic heterocycles. The summed E-state index contributed by atoms with van der Waals surface area (Å²) in [7, 11) is 0. The van der Waals surface area contributed by atoms with Crippen LogP contribution < -0.4 is 5.32 Å². The van der Waals surface area contributed by atoms with E-state index >= 15 is 0 Å². The molecule has 7 heteroatoms. The third-order valence-corrected chi connectivity index (χ3v) is 6.14. The first-order valence-electron chi connectivity index (χ1n) is 8.63. The molecule has 1 aliphatic rings. The summed E-state index contributed by atoms with van der Waals surface area (Å²) in [5.41, 5.74) is 3.20. The predicted molar refractivity (Wildman–Crippen MR) is 101 cm³/mol. The quantitative estimate of drug-likeness (QED) is 0.597. The molecule has 142 valence electrons. The number of amides is 1. The molecule has 6 nitrogen and oxygen atoms in total. The number of ether oxygens (including phenoxy) is 1. The molecule has 1 heterocycles. The number of thiophene rings is 1. The molecule has 0 aromatic carbocycles. The second-order valence-corrected chi connectivity index (χ2v) is 7.94. The second-order valence-electron chi connectivity index (χ2n) is 6.72. The van der Waals surface area contributed by atoms with Crippen LogP contribution in [0.1, 0.15) is 54.4 Å². The van der Waals surface area contributed by atoms with Gasteiger partial charge in [-0.25, -0.2) is 4.79 Å². The number of carbonyl (C=O) groups is 3. The van der Waals surface area contributed by atoms with Gasteiger partial charge in [0.05, 0.1) is 24.0 Å². The fourth-order valence-electron chi connectivity index (χ4n) is 3.20. The minimum Gasteiger partial charge on any atom is -0.481 e. The molecular weight excluding hydrogens is 354 g/mol. The lowest BCUT2D eigenvalue weighted by molar-refractivity contribution is -0.146. The van der Waals surface area contributed by atoms with Gasteiger partial charge in [-0.05, 0) is 53.0 Å². The Morgan fingerprint density at radius 2 is 1.69 bits per heavy atom. The molecule has 1 aromatic heterocycles. The highest BCUT2D eigenvalue weighted by Crippen LogP contribution is 2.37. The van der Waals surface area contributed by atoms with Crippen LogP contribution in [0.25, 0.3) is 0 Å². The Hall–Kier alpha value is -2.15. The highest BCUT2D eigenvalue weighted by molar-refractivity contribution is 7.16. The van der Waals surface area contributed by atoms with E-state index in [1.165, 1.54) is 11.3 Å². The molecule has 0 saturated heterocycles. The van der Waals surface area contributed by atoms with Crippen LogP contribution in [0.3, 0.4) is 0 Å². The van der Waals surface area contributed by atoms with Crippen LogP contribution in [0.2, 0.25) is 0 Å². The Balaban J connectivity index is 2.31. The number of aryl methyl sites for hydroxylation is 1. The number of aliphatic carboxylic acids is 1. The van der Waals surface area contributed by atoms with Gasteiger partial charge in [0.15, 0.2) is 0 Å². The van der Waals surface area contributed by atoms with Gasteiger partial charge in [-0.2, -0.15) is 0 Å². The first-order chi connectivity index (χ1) is 12.2. The molecule has 2 rings (SSSR count). The van der Waals surface area contributed by atoms with Crippen molar-refractivity contribution in [2.45, 2.75) is 47.5 Å². The van der Waals surface area contributed by atoms with Gasteiger partial charge in [0, 0.05) is 4.88 Å². The number of esters is 1. The average molecular weight is 379 g/mol. The van der Waals surface area contributed by atoms with Crippen molar-refractivity contribution in [1.82, 2.24) is 0 Å². The number of hydrogen-bond donors (Lipinski definition) is 2. The van der Waals surface area contributed by atoms with Crippen LogP contribution >= 0.6 is 11.3 Å². The van der Waals surface area contributed by atoms with Gasteiger partial charge < -0.3 is 15.2 Å². The first kappa shape index (κ1) is 20.2. The van der Waals surface area contributed by atoms with E-state index in [0.29, 0.717) is 23.4 Å². The highest BCUT2D eigenvalue weighted by Gasteiger charge is 2.38. The third kappa shape index (κ3) is 3.98. The molecule has 0 saturated carbocycles. The van der Waals surface area contributed by atoms with Crippen molar-refractivity contribution in [3.63, 3.8) is 0 Å². The number of allylic oxidation sites excluding steroid dienone is 2. The molecule has 0 unspecified atom stereocenters. The fraction of sp³-hybridized carbons (Fsp3) is 0.526. The summed E-state index contributed by atoms with van der Waals surface area (Å²) in [4.78, 5) is 37.6. The zero-order chi connectivity index (χ0) is 19.6. The van der Waals surface area contributed by atoms with Gasteiger partial charge in [-0.15, -0.1) is 11.3 Å². The lowest BCUT2D eigenvalue weighted by atomic mass is 9.76. The maximum absolute atomic E-state index is 12.8. The first-order valence-corrected chi connectivity index (χ1v) is 9.44. The predicted octanol–water partition coefficient (Wildman–Crippen LogP) is 3.93. The van der Waals surface area contributed by atoms with Gasteiger partial charge in [-0.3, -0.25) is 9.59 Å². The van der Waals surface area contributed by atoms with Gasteiger partial charge >= 0.3 is 11.9 Å². The fourth-order valence-corrected chi connectivity index (χ4v) is 4.25. The molecular formula is C19H25NO5S. The van der Waals surface area contributed by atoms with E-state index in [2.05, 4.69) is 5.32 Å². The van der Waals surface area contributed by atoms with Gasteiger partial charge in [-0.1, -0.05) is 11.1 Å². The zero-order valence-electron chi connectivity index (χ0n) is 15.8. The molecule has 2 N–H and O–H groups in total. The van der Waals surface area contributed by atoms with E-state index in [9.17, 15) is 19.5 Å². The maximum atomic E-state index is 12.8. The summed E-state index contributed by atoms with van der Waals surface area (Å²) < 4.78 is 5.10. The number of nitrogens with one attached hydrogen (secondary N) is 1. The van der Waals surface area contributed by atoms with E-state index in [1.807, 2.05) is 27.7 Å². The van der Waals surface area contributed by atoms with Crippen molar-refractivity contribution in [1.29, 1.82) is 0 Å². The SMILES string of the molecule is CCOC(=O)c1c(NC(=O)[C@H]2CC(C)=C(C)C[C@H]2C(=O)O)sc(C)c1C. The van der Waals surface area contributed by atoms with E-state index in [4.69, 9.17) is 4.74 Å². The summed E-state index contributed by atoms with van der Waals surface area (Å²) in [6, 6.07) is 0. The van der Waals surface area contributed by atoms with E-state index in [0.717, 1.165) is 21.6 Å². The summed E-state index contributed by atoms with van der Waals surface area (Å²) in [5.74, 6) is -3.23. The Bertz CT molecular complexity index is 777. The third-order valence-electron chi connectivity index (χ3n) is 5.02. The monoisotopic (exact) mass is 379 g/mol. The normalized spacial score (nSPS) is 20.0. The Morgan fingerprint density at radius 1 is 1.12 bits per heavy atom. The van der Waals surface area contributed by atoms with Gasteiger partial charge in [0.1, 0.15) is 5.00 Å². The van der Waals surface area contributed by atoms with Crippen molar-refractivity contribution >= 4 is 34.2 Å². The number of anilines is 1. The van der Waals surface area contributed by atoms with Crippen LogP contribution in [0.15, 0.2) is 11.1 Å². The van der Waals surface area contributed by atoms with Crippen molar-refractivity contribution < 1.29 is 24.2 Å². The van der Waals surface area contributed by atoms with Crippen LogP contribution in [-0.4, -0.2) is 29.6 Å². The van der Waals surface area contributed by atoms with E-state index in [-0.39, 0.29) is 12.5 Å². The van der Waals surface area contributed by atoms with Crippen LogP contribution in [-0.2, 0) is 14.3 Å². The van der Waals surface area contributed by atoms with Crippen LogP contribution in [0.4, 0.5) is 5.00 Å². The minimum absolute atomic E-state index is 0.244. The minimum atomic E-state index is -0.971. The largest absolute Gasteiger partial charge is 0.481 e. The van der Waals surface area contributed by atoms with Crippen molar-refractivity contribution in [2.24, 2.45) is 11.8 Å². The smallest absolute Gasteiger partial charge is 0.341 e. The topological polar surface area (TPSA) is 92.7 Å². The zero-order valence-corrected chi connectivity index (χ0v) is 16.6. The van der Waals surface area contributed by atoms with Crippen molar-refractivity contribution in [3.05, 3.63) is 27.2 Å². The maximum Gasteiger partial charge on any atom is 0.341 e. The average Bonchev–Trinajstić information content (AvgIpc) is 2.83. The summed E-state index contributed by atoms with van der Waals surface area (Å²) in [6.07, 6.45) is 0.777. The molecule has 1 aromatic rings. The van der Waals surface area contributed by atoms with Gasteiger partial charge in [0.2, 0.25) is 5.91 Å². The molecule has 0 spiro atoms. The summed E-state index contributed by atoms with van der Waals surface area (Å²) in [6.45, 7) is 9.48. The Morgan fingerprint density at radius 3 is 2.23 bits per heavy atom. The lowest BCUT2D eigenvalue weighted by Crippen LogP contribution is -2.36. The molecule has 1 amide bonds. The molecule has 0 fully saturated rings. The molecule has 2 atom stereocenters. The van der Waals surface area contributed by atoms with Crippen molar-refractivity contribution in [2.75, 3.05) is 11.9 Å². The molecule has 0 radical (unpaired) electrons. The van der Waals surface area contributed by atoms with Crippen molar-refractivity contribution in [3.8, 4) is 0 Å². The number of rotatable bonds is 5. The number of carboxylic acid groups (broad SMARTS) is 1. The number of carbonyl (C=O) groups excluding carboxylic acids is 2. The number of hydrogen-bond acceptors (Lipinski definition) is 5. The summed E-state index contributed by atoms with van der Waals surface area (Å²) >= 11 is 1.31. The van der Waals surface area contributed by atoms with E-state index < -0.39 is 23.8 Å². The molecule has 26 heavy (non-hydrogen) atoms. The Labute approximate surface area is 157 Å². The lowest BCUT2D eigenvalue weighted by Gasteiger charge is -2.29. The number of carboxylic acids is 1. The highest BCUT2D eigenvalue weighted by atomic mass is 32.1. The van der Waals surface area contributed by atoms with Crippen LogP contribution in [0.5, 0.6) is 0 Å². The standard InChI is InChI=1S/C19H25NO5S/c1-6-25-19(24)15-11(4)12(5)26-17(15)20-16(21)13-7-9(2)10(3)8-14(13)18(22)23/h13-14H,6-8H2,1-5H3,(H,20,21)(H,22,23)/t13-,14+/m0/s1. The van der Waals surface area contributed by atoms with Crippen LogP contribution in [0, 0.1) is 25.7 Å². The molecule has 1 aliphatic carbocycles. The second kappa shape index (κ2) is 8.03. The summed E-state index contributed by atoms with van der Waals surface area (Å²) in [5, 5.41) is 12.7. The van der Waals surface area contributed by atoms with E-state index in [1.54, 1.807) is 6.92 Å². The molecule has 0 bridgehead atoms.